The molecule has 0 saturated heterocycles. The highest BCUT2D eigenvalue weighted by Gasteiger charge is 2.11. The largest absolute Gasteiger partial charge is 0.363 e. The van der Waals surface area contributed by atoms with Crippen molar-refractivity contribution >= 4 is 22.7 Å². The van der Waals surface area contributed by atoms with E-state index in [9.17, 15) is 0 Å². The SMILES string of the molecule is CC(Nc1nc(NCc2cccnc2)nc2ccccc12)c1ccccc1. The standard InChI is InChI=1S/C22H21N5/c1-16(18-9-3-2-4-10-18)25-21-19-11-5-6-12-20(19)26-22(27-21)24-15-17-8-7-13-23-14-17/h2-14,16H,15H2,1H3,(H2,24,25,26,27). The van der Waals surface area contributed by atoms with Crippen LogP contribution < -0.4 is 10.6 Å². The molecule has 0 saturated carbocycles. The van der Waals surface area contributed by atoms with Gasteiger partial charge in [0.15, 0.2) is 0 Å². The highest BCUT2D eigenvalue weighted by atomic mass is 15.1. The maximum atomic E-state index is 4.73. The van der Waals surface area contributed by atoms with Crippen molar-refractivity contribution in [1.82, 2.24) is 15.0 Å². The second kappa shape index (κ2) is 7.83. The summed E-state index contributed by atoms with van der Waals surface area (Å²) in [6.07, 6.45) is 3.60. The molecule has 1 unspecified atom stereocenters. The van der Waals surface area contributed by atoms with Gasteiger partial charge in [0, 0.05) is 30.4 Å². The summed E-state index contributed by atoms with van der Waals surface area (Å²) in [5.74, 6) is 1.42. The fraction of sp³-hybridized carbons (Fsp3) is 0.136. The Morgan fingerprint density at radius 2 is 1.70 bits per heavy atom. The minimum absolute atomic E-state index is 0.135. The van der Waals surface area contributed by atoms with Crippen molar-refractivity contribution in [3.05, 3.63) is 90.3 Å². The maximum Gasteiger partial charge on any atom is 0.225 e. The van der Waals surface area contributed by atoms with E-state index in [0.29, 0.717) is 12.5 Å². The molecular weight excluding hydrogens is 334 g/mol. The zero-order valence-electron chi connectivity index (χ0n) is 15.1. The molecule has 0 fully saturated rings. The number of hydrogen-bond acceptors (Lipinski definition) is 5. The van der Waals surface area contributed by atoms with Crippen molar-refractivity contribution in [2.75, 3.05) is 10.6 Å². The van der Waals surface area contributed by atoms with Crippen molar-refractivity contribution < 1.29 is 0 Å². The lowest BCUT2D eigenvalue weighted by molar-refractivity contribution is 0.875. The maximum absolute atomic E-state index is 4.73. The number of benzene rings is 2. The van der Waals surface area contributed by atoms with Crippen LogP contribution in [0.5, 0.6) is 0 Å². The normalized spacial score (nSPS) is 11.9. The molecule has 0 radical (unpaired) electrons. The van der Waals surface area contributed by atoms with Gasteiger partial charge < -0.3 is 10.6 Å². The number of anilines is 2. The predicted octanol–water partition coefficient (Wildman–Crippen LogP) is 4.81. The van der Waals surface area contributed by atoms with Gasteiger partial charge in [0.2, 0.25) is 5.95 Å². The lowest BCUT2D eigenvalue weighted by Gasteiger charge is -2.17. The summed E-state index contributed by atoms with van der Waals surface area (Å²) >= 11 is 0. The first-order valence-electron chi connectivity index (χ1n) is 9.00. The highest BCUT2D eigenvalue weighted by Crippen LogP contribution is 2.26. The van der Waals surface area contributed by atoms with Crippen LogP contribution >= 0.6 is 0 Å². The number of aromatic nitrogens is 3. The van der Waals surface area contributed by atoms with Gasteiger partial charge in [0.05, 0.1) is 5.52 Å². The van der Waals surface area contributed by atoms with Crippen LogP contribution in [0.15, 0.2) is 79.1 Å². The molecule has 2 aromatic heterocycles. The molecule has 2 aromatic carbocycles. The number of hydrogen-bond donors (Lipinski definition) is 2. The van der Waals surface area contributed by atoms with Crippen molar-refractivity contribution in [3.63, 3.8) is 0 Å². The van der Waals surface area contributed by atoms with Crippen molar-refractivity contribution in [3.8, 4) is 0 Å². The molecule has 4 rings (SSSR count). The first-order valence-corrected chi connectivity index (χ1v) is 9.00. The Labute approximate surface area is 158 Å². The summed E-state index contributed by atoms with van der Waals surface area (Å²) in [5, 5.41) is 7.85. The Kier molecular flexibility index (Phi) is 4.92. The van der Waals surface area contributed by atoms with E-state index in [2.05, 4.69) is 39.7 Å². The first kappa shape index (κ1) is 17.0. The number of fused-ring (bicyclic) bond motifs is 1. The lowest BCUT2D eigenvalue weighted by Crippen LogP contribution is -2.11. The topological polar surface area (TPSA) is 62.7 Å². The number of para-hydroxylation sites is 1. The van der Waals surface area contributed by atoms with E-state index in [1.54, 1.807) is 6.20 Å². The summed E-state index contributed by atoms with van der Waals surface area (Å²) in [6, 6.07) is 22.5. The van der Waals surface area contributed by atoms with E-state index >= 15 is 0 Å². The van der Waals surface area contributed by atoms with Crippen molar-refractivity contribution in [2.24, 2.45) is 0 Å². The second-order valence-corrected chi connectivity index (χ2v) is 6.40. The van der Waals surface area contributed by atoms with Crippen LogP contribution in [0, 0.1) is 0 Å². The van der Waals surface area contributed by atoms with Gasteiger partial charge >= 0.3 is 0 Å². The van der Waals surface area contributed by atoms with E-state index in [0.717, 1.165) is 22.3 Å². The van der Waals surface area contributed by atoms with Crippen LogP contribution in [0.1, 0.15) is 24.1 Å². The molecule has 2 N–H and O–H groups in total. The molecule has 0 aliphatic carbocycles. The first-order chi connectivity index (χ1) is 13.3. The molecule has 4 aromatic rings. The smallest absolute Gasteiger partial charge is 0.225 e. The minimum Gasteiger partial charge on any atom is -0.363 e. The van der Waals surface area contributed by atoms with Gasteiger partial charge in [0.25, 0.3) is 0 Å². The van der Waals surface area contributed by atoms with Crippen LogP contribution in [0.3, 0.4) is 0 Å². The van der Waals surface area contributed by atoms with Crippen LogP contribution in [-0.2, 0) is 6.54 Å². The number of nitrogens with zero attached hydrogens (tertiary/aromatic N) is 3. The Hall–Kier alpha value is -3.47. The molecule has 1 atom stereocenters. The fourth-order valence-corrected chi connectivity index (χ4v) is 2.98. The van der Waals surface area contributed by atoms with Gasteiger partial charge in [-0.3, -0.25) is 4.98 Å². The molecule has 2 heterocycles. The zero-order chi connectivity index (χ0) is 18.5. The van der Waals surface area contributed by atoms with Crippen LogP contribution in [0.25, 0.3) is 10.9 Å². The van der Waals surface area contributed by atoms with Crippen LogP contribution in [-0.4, -0.2) is 15.0 Å². The Bertz CT molecular complexity index is 1020. The summed E-state index contributed by atoms with van der Waals surface area (Å²) in [4.78, 5) is 13.5. The molecule has 0 aliphatic rings. The molecule has 27 heavy (non-hydrogen) atoms. The molecule has 0 bridgehead atoms. The molecular formula is C22H21N5. The van der Waals surface area contributed by atoms with Crippen molar-refractivity contribution in [2.45, 2.75) is 19.5 Å². The quantitative estimate of drug-likeness (QED) is 0.520. The third-order valence-electron chi connectivity index (χ3n) is 4.43. The second-order valence-electron chi connectivity index (χ2n) is 6.40. The number of pyridine rings is 1. The van der Waals surface area contributed by atoms with E-state index < -0.39 is 0 Å². The average Bonchev–Trinajstić information content (AvgIpc) is 2.73. The fourth-order valence-electron chi connectivity index (χ4n) is 2.98. The number of rotatable bonds is 6. The Morgan fingerprint density at radius 3 is 2.52 bits per heavy atom. The van der Waals surface area contributed by atoms with Gasteiger partial charge in [0.1, 0.15) is 5.82 Å². The van der Waals surface area contributed by atoms with Crippen molar-refractivity contribution in [1.29, 1.82) is 0 Å². The molecule has 0 spiro atoms. The molecule has 5 nitrogen and oxygen atoms in total. The molecule has 5 heteroatoms. The zero-order valence-corrected chi connectivity index (χ0v) is 15.1. The summed E-state index contributed by atoms with van der Waals surface area (Å²) in [7, 11) is 0. The molecule has 0 amide bonds. The monoisotopic (exact) mass is 355 g/mol. The highest BCUT2D eigenvalue weighted by molar-refractivity contribution is 5.90. The molecule has 0 aliphatic heterocycles. The third-order valence-corrected chi connectivity index (χ3v) is 4.43. The summed E-state index contributed by atoms with van der Waals surface area (Å²) in [6.45, 7) is 2.76. The van der Waals surface area contributed by atoms with Gasteiger partial charge in [-0.2, -0.15) is 4.98 Å². The average molecular weight is 355 g/mol. The predicted molar refractivity (Wildman–Crippen MR) is 110 cm³/mol. The Balaban J connectivity index is 1.62. The van der Waals surface area contributed by atoms with Gasteiger partial charge in [-0.25, -0.2) is 4.98 Å². The van der Waals surface area contributed by atoms with Gasteiger partial charge in [-0.1, -0.05) is 48.5 Å². The minimum atomic E-state index is 0.135. The van der Waals surface area contributed by atoms with E-state index in [1.807, 2.05) is 60.8 Å². The van der Waals surface area contributed by atoms with E-state index in [1.165, 1.54) is 5.56 Å². The summed E-state index contributed by atoms with van der Waals surface area (Å²) < 4.78 is 0. The van der Waals surface area contributed by atoms with E-state index in [-0.39, 0.29) is 6.04 Å². The molecule has 134 valence electrons. The van der Waals surface area contributed by atoms with Gasteiger partial charge in [-0.05, 0) is 36.2 Å². The van der Waals surface area contributed by atoms with Crippen LogP contribution in [0.4, 0.5) is 11.8 Å². The van der Waals surface area contributed by atoms with Gasteiger partial charge in [-0.15, -0.1) is 0 Å². The van der Waals surface area contributed by atoms with Crippen LogP contribution in [0.2, 0.25) is 0 Å². The Morgan fingerprint density at radius 1 is 0.889 bits per heavy atom. The third kappa shape index (κ3) is 4.03. The lowest BCUT2D eigenvalue weighted by atomic mass is 10.1. The summed E-state index contributed by atoms with van der Waals surface area (Å²) in [5.41, 5.74) is 3.20. The van der Waals surface area contributed by atoms with E-state index in [4.69, 9.17) is 4.98 Å². The number of nitrogens with one attached hydrogen (secondary N) is 2.